The summed E-state index contributed by atoms with van der Waals surface area (Å²) in [4.78, 5) is 16.3. The van der Waals surface area contributed by atoms with E-state index in [1.807, 2.05) is 18.2 Å². The second kappa shape index (κ2) is 9.17. The second-order valence-electron chi connectivity index (χ2n) is 7.07. The number of amides is 1. The summed E-state index contributed by atoms with van der Waals surface area (Å²) in [5.74, 6) is -0.879. The van der Waals surface area contributed by atoms with Crippen molar-refractivity contribution in [2.24, 2.45) is 5.73 Å². The zero-order valence-corrected chi connectivity index (χ0v) is 16.1. The van der Waals surface area contributed by atoms with E-state index in [0.717, 1.165) is 51.3 Å². The van der Waals surface area contributed by atoms with Crippen LogP contribution in [0.15, 0.2) is 48.5 Å². The number of hydrogen-bond acceptors (Lipinski definition) is 4. The molecule has 0 saturated carbocycles. The van der Waals surface area contributed by atoms with Crippen LogP contribution in [-0.2, 0) is 6.18 Å². The quantitative estimate of drug-likeness (QED) is 0.692. The highest BCUT2D eigenvalue weighted by Crippen LogP contribution is 2.31. The van der Waals surface area contributed by atoms with Gasteiger partial charge in [-0.25, -0.2) is 0 Å². The molecule has 1 saturated heterocycles. The number of nitrogens with one attached hydrogen (secondary N) is 1. The number of carbonyl (C=O) groups excluding carboxylic acids is 1. The van der Waals surface area contributed by atoms with Crippen molar-refractivity contribution in [2.45, 2.75) is 12.6 Å². The molecule has 3 rings (SSSR count). The third-order valence-electron chi connectivity index (χ3n) is 5.07. The molecule has 0 atom stereocenters. The molecule has 8 heteroatoms. The lowest BCUT2D eigenvalue weighted by Crippen LogP contribution is -2.46. The van der Waals surface area contributed by atoms with Gasteiger partial charge in [0, 0.05) is 44.1 Å². The minimum atomic E-state index is -4.51. The maximum absolute atomic E-state index is 12.8. The molecule has 1 aliphatic rings. The molecule has 156 valence electrons. The van der Waals surface area contributed by atoms with Crippen LogP contribution in [0, 0.1) is 0 Å². The fourth-order valence-corrected chi connectivity index (χ4v) is 3.47. The van der Waals surface area contributed by atoms with Gasteiger partial charge in [-0.1, -0.05) is 18.2 Å². The Hall–Kier alpha value is -2.74. The summed E-state index contributed by atoms with van der Waals surface area (Å²) >= 11 is 0. The van der Waals surface area contributed by atoms with Crippen molar-refractivity contribution in [2.75, 3.05) is 49.5 Å². The number of nitrogens with zero attached hydrogens (tertiary/aromatic N) is 2. The van der Waals surface area contributed by atoms with Crippen molar-refractivity contribution in [3.05, 3.63) is 59.7 Å². The van der Waals surface area contributed by atoms with Crippen LogP contribution in [0.25, 0.3) is 0 Å². The van der Waals surface area contributed by atoms with Crippen LogP contribution >= 0.6 is 0 Å². The van der Waals surface area contributed by atoms with Gasteiger partial charge in [0.15, 0.2) is 0 Å². The molecule has 2 aromatic carbocycles. The highest BCUT2D eigenvalue weighted by molar-refractivity contribution is 5.98. The van der Waals surface area contributed by atoms with Crippen LogP contribution in [0.2, 0.25) is 0 Å². The number of anilines is 2. The molecule has 1 heterocycles. The Labute approximate surface area is 168 Å². The van der Waals surface area contributed by atoms with Crippen LogP contribution in [0.1, 0.15) is 22.3 Å². The zero-order valence-electron chi connectivity index (χ0n) is 16.1. The van der Waals surface area contributed by atoms with Gasteiger partial charge < -0.3 is 16.0 Å². The van der Waals surface area contributed by atoms with Gasteiger partial charge in [0.25, 0.3) is 5.91 Å². The molecular formula is C21H25F3N4O. The van der Waals surface area contributed by atoms with E-state index in [0.29, 0.717) is 12.2 Å². The molecule has 0 aliphatic carbocycles. The van der Waals surface area contributed by atoms with Crippen molar-refractivity contribution < 1.29 is 18.0 Å². The molecule has 29 heavy (non-hydrogen) atoms. The Bertz CT molecular complexity index is 818. The molecule has 0 unspecified atom stereocenters. The van der Waals surface area contributed by atoms with Crippen LogP contribution in [-0.4, -0.2) is 50.1 Å². The topological polar surface area (TPSA) is 61.6 Å². The number of primary amides is 1. The number of para-hydroxylation sites is 1. The maximum Gasteiger partial charge on any atom is 0.416 e. The van der Waals surface area contributed by atoms with Gasteiger partial charge in [-0.05, 0) is 43.3 Å². The molecule has 0 radical (unpaired) electrons. The first kappa shape index (κ1) is 21.0. The fraction of sp³-hybridized carbons (Fsp3) is 0.381. The first-order chi connectivity index (χ1) is 13.8. The number of nitrogens with two attached hydrogens (primary N) is 1. The molecule has 1 fully saturated rings. The largest absolute Gasteiger partial charge is 0.416 e. The molecule has 3 N–H and O–H groups in total. The smallest absolute Gasteiger partial charge is 0.384 e. The van der Waals surface area contributed by atoms with E-state index in [4.69, 9.17) is 5.73 Å². The van der Waals surface area contributed by atoms with Gasteiger partial charge >= 0.3 is 6.18 Å². The molecule has 0 spiro atoms. The van der Waals surface area contributed by atoms with E-state index in [-0.39, 0.29) is 5.56 Å². The van der Waals surface area contributed by atoms with Crippen molar-refractivity contribution in [1.82, 2.24) is 4.90 Å². The minimum absolute atomic E-state index is 0.142. The number of halogens is 3. The van der Waals surface area contributed by atoms with Gasteiger partial charge in [-0.2, -0.15) is 13.2 Å². The van der Waals surface area contributed by atoms with Gasteiger partial charge in [0.1, 0.15) is 0 Å². The summed E-state index contributed by atoms with van der Waals surface area (Å²) in [6.07, 6.45) is -3.70. The molecule has 1 aliphatic heterocycles. The fourth-order valence-electron chi connectivity index (χ4n) is 3.47. The lowest BCUT2D eigenvalue weighted by Gasteiger charge is -2.36. The van der Waals surface area contributed by atoms with Crippen molar-refractivity contribution in [1.29, 1.82) is 0 Å². The SMILES string of the molecule is NC(=O)c1cc(C(F)(F)F)ccc1NCCCN1CCN(c2ccccc2)CC1. The van der Waals surface area contributed by atoms with E-state index in [2.05, 4.69) is 27.2 Å². The normalized spacial score (nSPS) is 15.3. The van der Waals surface area contributed by atoms with Crippen LogP contribution in [0.3, 0.4) is 0 Å². The summed E-state index contributed by atoms with van der Waals surface area (Å²) < 4.78 is 38.5. The van der Waals surface area contributed by atoms with Gasteiger partial charge in [0.2, 0.25) is 0 Å². The standard InChI is InChI=1S/C21H25F3N4O/c22-21(23,24)16-7-8-19(18(15-16)20(25)29)26-9-4-10-27-11-13-28(14-12-27)17-5-2-1-3-6-17/h1-3,5-8,15,26H,4,9-14H2,(H2,25,29). The molecule has 0 aromatic heterocycles. The predicted octanol–water partition coefficient (Wildman–Crippen LogP) is 3.43. The Kier molecular flexibility index (Phi) is 6.64. The van der Waals surface area contributed by atoms with Crippen molar-refractivity contribution in [3.63, 3.8) is 0 Å². The Morgan fingerprint density at radius 1 is 1.03 bits per heavy atom. The van der Waals surface area contributed by atoms with Crippen molar-refractivity contribution >= 4 is 17.3 Å². The lowest BCUT2D eigenvalue weighted by molar-refractivity contribution is -0.137. The number of piperazine rings is 1. The number of carbonyl (C=O) groups is 1. The van der Waals surface area contributed by atoms with Crippen molar-refractivity contribution in [3.8, 4) is 0 Å². The number of hydrogen-bond donors (Lipinski definition) is 2. The average molecular weight is 406 g/mol. The lowest BCUT2D eigenvalue weighted by atomic mass is 10.1. The van der Waals surface area contributed by atoms with Crippen LogP contribution in [0.4, 0.5) is 24.5 Å². The summed E-state index contributed by atoms with van der Waals surface area (Å²) in [6.45, 7) is 5.26. The van der Waals surface area contributed by atoms with E-state index >= 15 is 0 Å². The number of benzene rings is 2. The third kappa shape index (κ3) is 5.63. The summed E-state index contributed by atoms with van der Waals surface area (Å²) in [7, 11) is 0. The van der Waals surface area contributed by atoms with Gasteiger partial charge in [-0.15, -0.1) is 0 Å². The Morgan fingerprint density at radius 3 is 2.34 bits per heavy atom. The Balaban J connectivity index is 1.46. The van der Waals surface area contributed by atoms with Gasteiger partial charge in [0.05, 0.1) is 11.1 Å². The van der Waals surface area contributed by atoms with E-state index in [1.165, 1.54) is 11.8 Å². The summed E-state index contributed by atoms with van der Waals surface area (Å²) in [5, 5.41) is 3.04. The van der Waals surface area contributed by atoms with Gasteiger partial charge in [-0.3, -0.25) is 9.69 Å². The van der Waals surface area contributed by atoms with E-state index < -0.39 is 17.6 Å². The van der Waals surface area contributed by atoms with E-state index in [1.54, 1.807) is 0 Å². The first-order valence-corrected chi connectivity index (χ1v) is 9.62. The second-order valence-corrected chi connectivity index (χ2v) is 7.07. The van der Waals surface area contributed by atoms with Crippen LogP contribution < -0.4 is 16.0 Å². The average Bonchev–Trinajstić information content (AvgIpc) is 2.71. The highest BCUT2D eigenvalue weighted by atomic mass is 19.4. The molecule has 1 amide bonds. The third-order valence-corrected chi connectivity index (χ3v) is 5.07. The number of alkyl halides is 3. The number of rotatable bonds is 7. The predicted molar refractivity (Wildman–Crippen MR) is 108 cm³/mol. The van der Waals surface area contributed by atoms with E-state index in [9.17, 15) is 18.0 Å². The highest BCUT2D eigenvalue weighted by Gasteiger charge is 2.31. The molecular weight excluding hydrogens is 381 g/mol. The minimum Gasteiger partial charge on any atom is -0.384 e. The summed E-state index contributed by atoms with van der Waals surface area (Å²) in [5.41, 5.74) is 5.79. The first-order valence-electron chi connectivity index (χ1n) is 9.62. The Morgan fingerprint density at radius 2 is 1.72 bits per heavy atom. The van der Waals surface area contributed by atoms with Crippen LogP contribution in [0.5, 0.6) is 0 Å². The molecule has 5 nitrogen and oxygen atoms in total. The monoisotopic (exact) mass is 406 g/mol. The molecule has 0 bridgehead atoms. The molecule has 2 aromatic rings. The zero-order chi connectivity index (χ0) is 20.9. The maximum atomic E-state index is 12.8. The summed E-state index contributed by atoms with van der Waals surface area (Å²) in [6, 6.07) is 13.3.